The first-order valence-corrected chi connectivity index (χ1v) is 7.14. The summed E-state index contributed by atoms with van der Waals surface area (Å²) in [6.45, 7) is 3.30. The zero-order chi connectivity index (χ0) is 17.0. The fourth-order valence-electron chi connectivity index (χ4n) is 2.18. The Labute approximate surface area is 132 Å². The fourth-order valence-corrected chi connectivity index (χ4v) is 2.18. The first-order valence-electron chi connectivity index (χ1n) is 7.14. The van der Waals surface area contributed by atoms with Crippen LogP contribution in [0.3, 0.4) is 0 Å². The number of rotatable bonds is 5. The van der Waals surface area contributed by atoms with Crippen LogP contribution in [0.25, 0.3) is 0 Å². The van der Waals surface area contributed by atoms with Gasteiger partial charge in [0.25, 0.3) is 0 Å². The molecule has 2 atom stereocenters. The summed E-state index contributed by atoms with van der Waals surface area (Å²) in [4.78, 5) is 12.1. The van der Waals surface area contributed by atoms with Crippen molar-refractivity contribution in [1.29, 1.82) is 0 Å². The summed E-state index contributed by atoms with van der Waals surface area (Å²) >= 11 is 0. The van der Waals surface area contributed by atoms with Crippen molar-refractivity contribution in [3.05, 3.63) is 65.5 Å². The van der Waals surface area contributed by atoms with Gasteiger partial charge in [-0.15, -0.1) is 0 Å². The van der Waals surface area contributed by atoms with Crippen LogP contribution in [0.2, 0.25) is 0 Å². The minimum absolute atomic E-state index is 0.271. The summed E-state index contributed by atoms with van der Waals surface area (Å²) in [7, 11) is 0. The maximum Gasteiger partial charge on any atom is 0.241 e. The van der Waals surface area contributed by atoms with Crippen LogP contribution in [0, 0.1) is 17.5 Å². The SMILES string of the molecule is C[C@H](N[C@H](C)C(=O)Nc1ccc(F)cc1)c1ccc(F)cc1F. The van der Waals surface area contributed by atoms with E-state index in [-0.39, 0.29) is 11.5 Å². The Balaban J connectivity index is 1.98. The lowest BCUT2D eigenvalue weighted by atomic mass is 10.1. The highest BCUT2D eigenvalue weighted by Gasteiger charge is 2.18. The van der Waals surface area contributed by atoms with Crippen LogP contribution >= 0.6 is 0 Å². The minimum Gasteiger partial charge on any atom is -0.325 e. The first kappa shape index (κ1) is 17.0. The lowest BCUT2D eigenvalue weighted by Crippen LogP contribution is -2.39. The largest absolute Gasteiger partial charge is 0.325 e. The number of hydrogen-bond donors (Lipinski definition) is 2. The van der Waals surface area contributed by atoms with Gasteiger partial charge in [0.2, 0.25) is 5.91 Å². The van der Waals surface area contributed by atoms with Crippen molar-refractivity contribution in [3.63, 3.8) is 0 Å². The second-order valence-electron chi connectivity index (χ2n) is 5.27. The predicted octanol–water partition coefficient (Wildman–Crippen LogP) is 3.78. The molecule has 0 aliphatic carbocycles. The highest BCUT2D eigenvalue weighted by Crippen LogP contribution is 2.18. The third-order valence-corrected chi connectivity index (χ3v) is 3.43. The van der Waals surface area contributed by atoms with E-state index in [1.807, 2.05) is 0 Å². The summed E-state index contributed by atoms with van der Waals surface area (Å²) in [6.07, 6.45) is 0. The van der Waals surface area contributed by atoms with Gasteiger partial charge in [0.05, 0.1) is 6.04 Å². The Hall–Kier alpha value is -2.34. The molecule has 0 bridgehead atoms. The molecule has 0 aliphatic heterocycles. The molecule has 0 spiro atoms. The highest BCUT2D eigenvalue weighted by molar-refractivity contribution is 5.94. The lowest BCUT2D eigenvalue weighted by molar-refractivity contribution is -0.117. The Morgan fingerprint density at radius 1 is 0.957 bits per heavy atom. The Morgan fingerprint density at radius 3 is 2.17 bits per heavy atom. The van der Waals surface area contributed by atoms with Crippen molar-refractivity contribution in [2.45, 2.75) is 25.9 Å². The third kappa shape index (κ3) is 4.56. The third-order valence-electron chi connectivity index (χ3n) is 3.43. The molecule has 0 aliphatic rings. The summed E-state index contributed by atoms with van der Waals surface area (Å²) in [6, 6.07) is 7.58. The topological polar surface area (TPSA) is 41.1 Å². The number of carbonyl (C=O) groups is 1. The van der Waals surface area contributed by atoms with Crippen LogP contribution in [0.5, 0.6) is 0 Å². The second kappa shape index (κ2) is 7.28. The second-order valence-corrected chi connectivity index (χ2v) is 5.27. The van der Waals surface area contributed by atoms with Crippen LogP contribution in [-0.4, -0.2) is 11.9 Å². The van der Waals surface area contributed by atoms with E-state index in [0.29, 0.717) is 5.69 Å². The normalized spacial score (nSPS) is 13.4. The van der Waals surface area contributed by atoms with Gasteiger partial charge in [-0.3, -0.25) is 10.1 Å². The number of hydrogen-bond acceptors (Lipinski definition) is 2. The number of nitrogens with one attached hydrogen (secondary N) is 2. The van der Waals surface area contributed by atoms with Crippen LogP contribution in [0.15, 0.2) is 42.5 Å². The van der Waals surface area contributed by atoms with Gasteiger partial charge in [0.1, 0.15) is 17.5 Å². The van der Waals surface area contributed by atoms with Crippen molar-refractivity contribution >= 4 is 11.6 Å². The van der Waals surface area contributed by atoms with Crippen LogP contribution in [0.1, 0.15) is 25.5 Å². The van der Waals surface area contributed by atoms with E-state index in [4.69, 9.17) is 0 Å². The quantitative estimate of drug-likeness (QED) is 0.879. The van der Waals surface area contributed by atoms with Gasteiger partial charge in [0, 0.05) is 23.4 Å². The molecule has 6 heteroatoms. The average molecular weight is 322 g/mol. The number of halogens is 3. The van der Waals surface area contributed by atoms with E-state index in [0.717, 1.165) is 6.07 Å². The summed E-state index contributed by atoms with van der Waals surface area (Å²) in [5.74, 6) is -2.06. The molecular weight excluding hydrogens is 305 g/mol. The van der Waals surface area contributed by atoms with Gasteiger partial charge in [0.15, 0.2) is 0 Å². The molecule has 0 unspecified atom stereocenters. The molecule has 2 rings (SSSR count). The van der Waals surface area contributed by atoms with Crippen molar-refractivity contribution < 1.29 is 18.0 Å². The van der Waals surface area contributed by atoms with Gasteiger partial charge >= 0.3 is 0 Å². The van der Waals surface area contributed by atoms with E-state index < -0.39 is 29.5 Å². The Morgan fingerprint density at radius 2 is 1.57 bits per heavy atom. The molecule has 2 aromatic rings. The maximum atomic E-state index is 13.7. The zero-order valence-corrected chi connectivity index (χ0v) is 12.7. The lowest BCUT2D eigenvalue weighted by Gasteiger charge is -2.20. The smallest absolute Gasteiger partial charge is 0.241 e. The highest BCUT2D eigenvalue weighted by atomic mass is 19.1. The molecule has 122 valence electrons. The van der Waals surface area contributed by atoms with Gasteiger partial charge in [-0.2, -0.15) is 0 Å². The monoisotopic (exact) mass is 322 g/mol. The minimum atomic E-state index is -0.670. The van der Waals surface area contributed by atoms with Crippen LogP contribution < -0.4 is 10.6 Å². The Bertz CT molecular complexity index is 689. The molecule has 1 amide bonds. The van der Waals surface area contributed by atoms with Crippen molar-refractivity contribution in [1.82, 2.24) is 5.32 Å². The molecule has 0 saturated heterocycles. The zero-order valence-electron chi connectivity index (χ0n) is 12.7. The number of anilines is 1. The summed E-state index contributed by atoms with van der Waals surface area (Å²) < 4.78 is 39.5. The molecule has 2 N–H and O–H groups in total. The molecule has 3 nitrogen and oxygen atoms in total. The standard InChI is InChI=1S/C17H17F3N2O/c1-10(15-8-5-13(19)9-16(15)20)21-11(2)17(23)22-14-6-3-12(18)4-7-14/h3-11,21H,1-2H3,(H,22,23)/t10-,11+/m0/s1. The molecule has 0 fully saturated rings. The predicted molar refractivity (Wildman–Crippen MR) is 82.4 cm³/mol. The van der Waals surface area contributed by atoms with Gasteiger partial charge in [-0.25, -0.2) is 13.2 Å². The van der Waals surface area contributed by atoms with Gasteiger partial charge < -0.3 is 5.32 Å². The van der Waals surface area contributed by atoms with Crippen molar-refractivity contribution in [2.75, 3.05) is 5.32 Å². The summed E-state index contributed by atoms with van der Waals surface area (Å²) in [5.41, 5.74) is 0.735. The van der Waals surface area contributed by atoms with Crippen LogP contribution in [0.4, 0.5) is 18.9 Å². The molecular formula is C17H17F3N2O. The van der Waals surface area contributed by atoms with Crippen molar-refractivity contribution in [3.8, 4) is 0 Å². The fraction of sp³-hybridized carbons (Fsp3) is 0.235. The van der Waals surface area contributed by atoms with Gasteiger partial charge in [-0.1, -0.05) is 6.07 Å². The molecule has 0 saturated carbocycles. The van der Waals surface area contributed by atoms with E-state index in [1.54, 1.807) is 13.8 Å². The molecule has 0 radical (unpaired) electrons. The van der Waals surface area contributed by atoms with Gasteiger partial charge in [-0.05, 0) is 44.2 Å². The summed E-state index contributed by atoms with van der Waals surface area (Å²) in [5, 5.41) is 5.57. The molecule has 23 heavy (non-hydrogen) atoms. The first-order chi connectivity index (χ1) is 10.9. The number of carbonyl (C=O) groups excluding carboxylic acids is 1. The molecule has 2 aromatic carbocycles. The molecule has 0 heterocycles. The Kier molecular flexibility index (Phi) is 5.39. The molecule has 0 aromatic heterocycles. The van der Waals surface area contributed by atoms with Crippen LogP contribution in [-0.2, 0) is 4.79 Å². The van der Waals surface area contributed by atoms with E-state index >= 15 is 0 Å². The number of benzene rings is 2. The average Bonchev–Trinajstić information content (AvgIpc) is 2.49. The van der Waals surface area contributed by atoms with E-state index in [2.05, 4.69) is 10.6 Å². The van der Waals surface area contributed by atoms with Crippen molar-refractivity contribution in [2.24, 2.45) is 0 Å². The van der Waals surface area contributed by atoms with E-state index in [1.165, 1.54) is 36.4 Å². The maximum absolute atomic E-state index is 13.7. The van der Waals surface area contributed by atoms with E-state index in [9.17, 15) is 18.0 Å². The number of amides is 1.